The summed E-state index contributed by atoms with van der Waals surface area (Å²) in [5.74, 6) is 1.04. The minimum Gasteiger partial charge on any atom is -0.399 e. The van der Waals surface area contributed by atoms with Gasteiger partial charge >= 0.3 is 0 Å². The third kappa shape index (κ3) is 2.83. The number of amidine groups is 1. The van der Waals surface area contributed by atoms with Crippen LogP contribution in [0.3, 0.4) is 0 Å². The Hall–Kier alpha value is -2.53. The van der Waals surface area contributed by atoms with Crippen molar-refractivity contribution in [3.8, 4) is 0 Å². The summed E-state index contributed by atoms with van der Waals surface area (Å²) < 4.78 is 0. The molecular formula is C19H23N5. The third-order valence-corrected chi connectivity index (χ3v) is 4.86. The van der Waals surface area contributed by atoms with Gasteiger partial charge in [0, 0.05) is 12.2 Å². The normalized spacial score (nSPS) is 18.4. The molecule has 0 radical (unpaired) electrons. The van der Waals surface area contributed by atoms with Crippen molar-refractivity contribution in [1.82, 2.24) is 10.6 Å². The number of rotatable bonds is 2. The van der Waals surface area contributed by atoms with Gasteiger partial charge in [-0.05, 0) is 55.8 Å². The summed E-state index contributed by atoms with van der Waals surface area (Å²) in [4.78, 5) is 4.95. The molecule has 1 saturated heterocycles. The maximum Gasteiger partial charge on any atom is 0.128 e. The summed E-state index contributed by atoms with van der Waals surface area (Å²) in [6.45, 7) is 2.74. The highest BCUT2D eigenvalue weighted by Gasteiger charge is 2.40. The largest absolute Gasteiger partial charge is 0.399 e. The number of benzene rings is 2. The number of nitrogens with zero attached hydrogens (tertiary/aromatic N) is 1. The Morgan fingerprint density at radius 3 is 2.58 bits per heavy atom. The van der Waals surface area contributed by atoms with E-state index in [0.717, 1.165) is 55.4 Å². The highest BCUT2D eigenvalue weighted by atomic mass is 15.2. The number of piperidine rings is 1. The second-order valence-electron chi connectivity index (χ2n) is 6.53. The lowest BCUT2D eigenvalue weighted by molar-refractivity contribution is 0.412. The first-order chi connectivity index (χ1) is 11.8. The summed E-state index contributed by atoms with van der Waals surface area (Å²) >= 11 is 0. The predicted molar refractivity (Wildman–Crippen MR) is 99.7 cm³/mol. The fourth-order valence-electron chi connectivity index (χ4n) is 3.47. The number of para-hydroxylation sites is 2. The molecule has 2 aromatic rings. The lowest BCUT2D eigenvalue weighted by Crippen LogP contribution is -2.58. The van der Waals surface area contributed by atoms with Crippen LogP contribution in [0.15, 0.2) is 53.5 Å². The molecule has 2 aromatic carbocycles. The summed E-state index contributed by atoms with van der Waals surface area (Å²) in [5.41, 5.74) is 9.78. The van der Waals surface area contributed by atoms with Gasteiger partial charge in [-0.2, -0.15) is 0 Å². The molecule has 0 aromatic heterocycles. The second-order valence-corrected chi connectivity index (χ2v) is 6.53. The maximum absolute atomic E-state index is 5.77. The van der Waals surface area contributed by atoms with Gasteiger partial charge in [0.05, 0.1) is 16.9 Å². The van der Waals surface area contributed by atoms with E-state index in [1.807, 2.05) is 18.2 Å². The lowest BCUT2D eigenvalue weighted by atomic mass is 9.85. The molecule has 2 aliphatic rings. The molecule has 0 atom stereocenters. The van der Waals surface area contributed by atoms with Crippen LogP contribution in [0, 0.1) is 0 Å². The molecule has 0 unspecified atom stereocenters. The Labute approximate surface area is 142 Å². The summed E-state index contributed by atoms with van der Waals surface area (Å²) in [6, 6.07) is 16.2. The molecular weight excluding hydrogens is 298 g/mol. The van der Waals surface area contributed by atoms with Gasteiger partial charge in [0.15, 0.2) is 0 Å². The Morgan fingerprint density at radius 2 is 1.79 bits per heavy atom. The molecule has 124 valence electrons. The van der Waals surface area contributed by atoms with E-state index in [1.165, 1.54) is 5.56 Å². The molecule has 0 aliphatic carbocycles. The van der Waals surface area contributed by atoms with E-state index < -0.39 is 0 Å². The van der Waals surface area contributed by atoms with E-state index in [9.17, 15) is 0 Å². The van der Waals surface area contributed by atoms with Crippen molar-refractivity contribution in [2.75, 3.05) is 24.1 Å². The minimum atomic E-state index is -0.104. The molecule has 0 bridgehead atoms. The summed E-state index contributed by atoms with van der Waals surface area (Å²) in [7, 11) is 0. The molecule has 5 N–H and O–H groups in total. The van der Waals surface area contributed by atoms with Crippen molar-refractivity contribution in [3.63, 3.8) is 0 Å². The Kier molecular flexibility index (Phi) is 3.86. The second kappa shape index (κ2) is 6.17. The number of nitrogens with one attached hydrogen (secondary N) is 3. The fourth-order valence-corrected chi connectivity index (χ4v) is 3.47. The molecule has 5 heteroatoms. The topological polar surface area (TPSA) is 74.5 Å². The van der Waals surface area contributed by atoms with Crippen LogP contribution in [0.1, 0.15) is 18.4 Å². The fraction of sp³-hybridized carbons (Fsp3) is 0.316. The summed E-state index contributed by atoms with van der Waals surface area (Å²) in [5, 5.41) is 10.8. The lowest BCUT2D eigenvalue weighted by Gasteiger charge is -2.43. The van der Waals surface area contributed by atoms with E-state index in [4.69, 9.17) is 10.7 Å². The van der Waals surface area contributed by atoms with E-state index in [-0.39, 0.29) is 5.54 Å². The molecule has 4 rings (SSSR count). The number of nitrogens with two attached hydrogens (primary N) is 1. The highest BCUT2D eigenvalue weighted by molar-refractivity contribution is 6.00. The van der Waals surface area contributed by atoms with E-state index in [1.54, 1.807) is 0 Å². The summed E-state index contributed by atoms with van der Waals surface area (Å²) in [6.07, 6.45) is 2.05. The van der Waals surface area contributed by atoms with Crippen molar-refractivity contribution in [2.24, 2.45) is 4.99 Å². The Bertz CT molecular complexity index is 745. The van der Waals surface area contributed by atoms with Gasteiger partial charge in [-0.25, -0.2) is 4.99 Å². The number of fused-ring (bicyclic) bond motifs is 1. The molecule has 1 fully saturated rings. The predicted octanol–water partition coefficient (Wildman–Crippen LogP) is 2.64. The minimum absolute atomic E-state index is 0.104. The number of aliphatic imine (C=N–C) groups is 1. The molecule has 0 saturated carbocycles. The van der Waals surface area contributed by atoms with Crippen LogP contribution < -0.4 is 21.7 Å². The zero-order valence-corrected chi connectivity index (χ0v) is 13.7. The van der Waals surface area contributed by atoms with Crippen LogP contribution in [-0.4, -0.2) is 24.5 Å². The first-order valence-electron chi connectivity index (χ1n) is 8.51. The first kappa shape index (κ1) is 15.0. The van der Waals surface area contributed by atoms with Crippen molar-refractivity contribution in [3.05, 3.63) is 54.1 Å². The number of hydrogen-bond donors (Lipinski definition) is 4. The van der Waals surface area contributed by atoms with Gasteiger partial charge < -0.3 is 21.7 Å². The average molecular weight is 321 g/mol. The average Bonchev–Trinajstić information content (AvgIpc) is 2.62. The van der Waals surface area contributed by atoms with Gasteiger partial charge in [0.1, 0.15) is 5.84 Å². The van der Waals surface area contributed by atoms with Crippen molar-refractivity contribution in [2.45, 2.75) is 24.9 Å². The zero-order chi connectivity index (χ0) is 16.4. The Balaban J connectivity index is 1.61. The van der Waals surface area contributed by atoms with E-state index in [2.05, 4.69) is 46.3 Å². The molecule has 2 aliphatic heterocycles. The number of hydrogen-bond acceptors (Lipinski definition) is 5. The smallest absolute Gasteiger partial charge is 0.128 e. The van der Waals surface area contributed by atoms with Crippen LogP contribution in [0.25, 0.3) is 0 Å². The molecule has 0 amide bonds. The Morgan fingerprint density at radius 1 is 1.04 bits per heavy atom. The van der Waals surface area contributed by atoms with Crippen molar-refractivity contribution >= 4 is 22.9 Å². The van der Waals surface area contributed by atoms with Crippen LogP contribution in [0.5, 0.6) is 0 Å². The van der Waals surface area contributed by atoms with Crippen molar-refractivity contribution < 1.29 is 0 Å². The van der Waals surface area contributed by atoms with Gasteiger partial charge in [0.25, 0.3) is 0 Å². The standard InChI is InChI=1S/C19H23N5/c20-15-7-5-14(6-8-15)13-22-18-19(9-11-21-12-10-19)24-17-4-2-1-3-16(17)23-18/h1-8,21,24H,9-13,20H2,(H,22,23). The quantitative estimate of drug-likeness (QED) is 0.642. The third-order valence-electron chi connectivity index (χ3n) is 4.86. The monoisotopic (exact) mass is 321 g/mol. The molecule has 24 heavy (non-hydrogen) atoms. The number of nitrogen functional groups attached to an aromatic ring is 1. The maximum atomic E-state index is 5.77. The van der Waals surface area contributed by atoms with Gasteiger partial charge in [-0.15, -0.1) is 0 Å². The molecule has 5 nitrogen and oxygen atoms in total. The highest BCUT2D eigenvalue weighted by Crippen LogP contribution is 2.36. The van der Waals surface area contributed by atoms with Crippen LogP contribution >= 0.6 is 0 Å². The SMILES string of the molecule is Nc1ccc(CNC2=Nc3ccccc3NC23CCNCC3)cc1. The molecule has 1 spiro atoms. The van der Waals surface area contributed by atoms with Gasteiger partial charge in [-0.3, -0.25) is 0 Å². The van der Waals surface area contributed by atoms with Gasteiger partial charge in [-0.1, -0.05) is 24.3 Å². The van der Waals surface area contributed by atoms with Crippen LogP contribution in [-0.2, 0) is 6.54 Å². The first-order valence-corrected chi connectivity index (χ1v) is 8.51. The van der Waals surface area contributed by atoms with Crippen LogP contribution in [0.2, 0.25) is 0 Å². The van der Waals surface area contributed by atoms with E-state index in [0.29, 0.717) is 0 Å². The zero-order valence-electron chi connectivity index (χ0n) is 13.7. The number of anilines is 2. The van der Waals surface area contributed by atoms with Crippen molar-refractivity contribution in [1.29, 1.82) is 0 Å². The van der Waals surface area contributed by atoms with Gasteiger partial charge in [0.2, 0.25) is 0 Å². The molecule has 2 heterocycles. The van der Waals surface area contributed by atoms with E-state index >= 15 is 0 Å². The van der Waals surface area contributed by atoms with Crippen LogP contribution in [0.4, 0.5) is 17.1 Å².